The fourth-order valence-corrected chi connectivity index (χ4v) is 1.16. The second-order valence-electron chi connectivity index (χ2n) is 4.72. The van der Waals surface area contributed by atoms with Gasteiger partial charge in [-0.2, -0.15) is 0 Å². The van der Waals surface area contributed by atoms with Gasteiger partial charge in [0.1, 0.15) is 18.5 Å². The first-order valence-electron chi connectivity index (χ1n) is 6.79. The maximum atomic E-state index is 11.1. The highest BCUT2D eigenvalue weighted by molar-refractivity contribution is 5.86. The van der Waals surface area contributed by atoms with Crippen LogP contribution in [0, 0.1) is 0 Å². The molecule has 0 bridgehead atoms. The van der Waals surface area contributed by atoms with Crippen molar-refractivity contribution in [2.75, 3.05) is 33.5 Å². The molecule has 5 heteroatoms. The van der Waals surface area contributed by atoms with Crippen LogP contribution in [0.4, 0.5) is 0 Å². The van der Waals surface area contributed by atoms with E-state index in [2.05, 4.69) is 19.7 Å². The summed E-state index contributed by atoms with van der Waals surface area (Å²) in [6, 6.07) is 0. The molecule has 0 aromatic heterocycles. The molecule has 21 heavy (non-hydrogen) atoms. The number of hydrogen-bond acceptors (Lipinski definition) is 5. The van der Waals surface area contributed by atoms with Crippen molar-refractivity contribution in [3.63, 3.8) is 0 Å². The van der Waals surface area contributed by atoms with E-state index < -0.39 is 0 Å². The van der Waals surface area contributed by atoms with Gasteiger partial charge in [0.15, 0.2) is 0 Å². The Morgan fingerprint density at radius 3 is 2.19 bits per heavy atom. The summed E-state index contributed by atoms with van der Waals surface area (Å²) in [5.74, 6) is 0.167. The highest BCUT2D eigenvalue weighted by Crippen LogP contribution is 2.07. The molecule has 1 unspecified atom stereocenters. The Morgan fingerprint density at radius 2 is 1.67 bits per heavy atom. The maximum absolute atomic E-state index is 11.1. The molecule has 0 aliphatic heterocycles. The van der Waals surface area contributed by atoms with Gasteiger partial charge in [0.05, 0.1) is 13.2 Å². The summed E-state index contributed by atoms with van der Waals surface area (Å²) in [5, 5.41) is 0. The number of rotatable bonds is 12. The monoisotopic (exact) mass is 298 g/mol. The van der Waals surface area contributed by atoms with Gasteiger partial charge in [0.25, 0.3) is 0 Å². The highest BCUT2D eigenvalue weighted by Gasteiger charge is 2.09. The van der Waals surface area contributed by atoms with Crippen molar-refractivity contribution in [3.05, 3.63) is 36.6 Å². The maximum Gasteiger partial charge on any atom is 0.333 e. The number of allylic oxidation sites excluding steroid dienone is 1. The largest absolute Gasteiger partial charge is 0.491 e. The third-order valence-corrected chi connectivity index (χ3v) is 2.57. The second-order valence-corrected chi connectivity index (χ2v) is 4.72. The smallest absolute Gasteiger partial charge is 0.333 e. The van der Waals surface area contributed by atoms with Crippen LogP contribution in [0.2, 0.25) is 0 Å². The van der Waals surface area contributed by atoms with Gasteiger partial charge in [-0.1, -0.05) is 19.7 Å². The molecule has 0 aliphatic rings. The summed E-state index contributed by atoms with van der Waals surface area (Å²) in [4.78, 5) is 11.1. The van der Waals surface area contributed by atoms with E-state index in [1.54, 1.807) is 14.0 Å². The second kappa shape index (κ2) is 11.1. The predicted molar refractivity (Wildman–Crippen MR) is 81.9 cm³/mol. The molecule has 0 radical (unpaired) electrons. The quantitative estimate of drug-likeness (QED) is 0.182. The molecular weight excluding hydrogens is 272 g/mol. The summed E-state index contributed by atoms with van der Waals surface area (Å²) in [6.07, 6.45) is 0.438. The van der Waals surface area contributed by atoms with Crippen LogP contribution in [0.15, 0.2) is 36.6 Å². The molecule has 0 saturated carbocycles. The summed E-state index contributed by atoms with van der Waals surface area (Å²) in [5.41, 5.74) is 1.18. The highest BCUT2D eigenvalue weighted by atomic mass is 16.6. The van der Waals surface area contributed by atoms with Crippen LogP contribution in [0.1, 0.15) is 20.3 Å². The Labute approximate surface area is 127 Å². The fraction of sp³-hybridized carbons (Fsp3) is 0.562. The minimum Gasteiger partial charge on any atom is -0.491 e. The van der Waals surface area contributed by atoms with E-state index in [9.17, 15) is 4.79 Å². The predicted octanol–water partition coefficient (Wildman–Crippen LogP) is 2.63. The van der Waals surface area contributed by atoms with Gasteiger partial charge in [-0.05, 0) is 19.4 Å². The van der Waals surface area contributed by atoms with E-state index in [4.69, 9.17) is 18.9 Å². The van der Waals surface area contributed by atoms with Crippen molar-refractivity contribution in [1.82, 2.24) is 0 Å². The van der Waals surface area contributed by atoms with Crippen LogP contribution in [0.3, 0.4) is 0 Å². The Balaban J connectivity index is 3.68. The average molecular weight is 298 g/mol. The van der Waals surface area contributed by atoms with Crippen LogP contribution in [-0.2, 0) is 23.7 Å². The topological polar surface area (TPSA) is 54.0 Å². The third-order valence-electron chi connectivity index (χ3n) is 2.57. The molecule has 0 rings (SSSR count). The molecule has 0 amide bonds. The zero-order chi connectivity index (χ0) is 16.3. The molecule has 5 nitrogen and oxygen atoms in total. The fourth-order valence-electron chi connectivity index (χ4n) is 1.16. The molecule has 0 spiro atoms. The SMILES string of the molecule is C=C(C)C(=C)OCC(COCCCOC(=O)C(=C)C)OC. The van der Waals surface area contributed by atoms with Crippen molar-refractivity contribution < 1.29 is 23.7 Å². The van der Waals surface area contributed by atoms with Crippen molar-refractivity contribution in [2.24, 2.45) is 0 Å². The standard InChI is InChI=1S/C16H26O5/c1-12(2)14(5)21-11-15(18-6)10-19-8-7-9-20-16(17)13(3)4/h15H,1,3,5,7-11H2,2,4,6H3. The molecule has 0 aliphatic carbocycles. The van der Waals surface area contributed by atoms with Crippen LogP contribution < -0.4 is 0 Å². The van der Waals surface area contributed by atoms with E-state index in [1.165, 1.54) is 0 Å². The molecule has 0 heterocycles. The van der Waals surface area contributed by atoms with Crippen LogP contribution >= 0.6 is 0 Å². The molecule has 0 N–H and O–H groups in total. The van der Waals surface area contributed by atoms with Gasteiger partial charge < -0.3 is 18.9 Å². The molecule has 0 saturated heterocycles. The Hall–Kier alpha value is -1.59. The minimum atomic E-state index is -0.378. The molecule has 0 aromatic carbocycles. The number of methoxy groups -OCH3 is 1. The van der Waals surface area contributed by atoms with E-state index in [1.807, 2.05) is 6.92 Å². The van der Waals surface area contributed by atoms with E-state index >= 15 is 0 Å². The average Bonchev–Trinajstić information content (AvgIpc) is 2.44. The summed E-state index contributed by atoms with van der Waals surface area (Å²) < 4.78 is 21.1. The Morgan fingerprint density at radius 1 is 1.00 bits per heavy atom. The van der Waals surface area contributed by atoms with Crippen LogP contribution in [-0.4, -0.2) is 45.6 Å². The third kappa shape index (κ3) is 9.87. The van der Waals surface area contributed by atoms with Gasteiger partial charge in [-0.25, -0.2) is 4.79 Å². The zero-order valence-electron chi connectivity index (χ0n) is 13.3. The summed E-state index contributed by atoms with van der Waals surface area (Å²) in [7, 11) is 1.59. The summed E-state index contributed by atoms with van der Waals surface area (Å²) >= 11 is 0. The first-order chi connectivity index (χ1) is 9.88. The molecule has 0 fully saturated rings. The summed E-state index contributed by atoms with van der Waals surface area (Å²) in [6.45, 7) is 16.0. The molecule has 120 valence electrons. The van der Waals surface area contributed by atoms with E-state index in [0.717, 1.165) is 5.57 Å². The molecular formula is C16H26O5. The first kappa shape index (κ1) is 19.4. The number of esters is 1. The molecule has 0 aromatic rings. The van der Waals surface area contributed by atoms with Crippen LogP contribution in [0.25, 0.3) is 0 Å². The van der Waals surface area contributed by atoms with Gasteiger partial charge in [0.2, 0.25) is 0 Å². The normalized spacial score (nSPS) is 11.6. The lowest BCUT2D eigenvalue weighted by Gasteiger charge is -2.17. The lowest BCUT2D eigenvalue weighted by Crippen LogP contribution is -2.24. The van der Waals surface area contributed by atoms with E-state index in [0.29, 0.717) is 44.2 Å². The van der Waals surface area contributed by atoms with Crippen molar-refractivity contribution in [1.29, 1.82) is 0 Å². The van der Waals surface area contributed by atoms with E-state index in [-0.39, 0.29) is 12.1 Å². The van der Waals surface area contributed by atoms with Gasteiger partial charge in [-0.15, -0.1) is 0 Å². The Kier molecular flexibility index (Phi) is 10.3. The number of carbonyl (C=O) groups excluding carboxylic acids is 1. The lowest BCUT2D eigenvalue weighted by atomic mass is 10.3. The van der Waals surface area contributed by atoms with Crippen molar-refractivity contribution in [3.8, 4) is 0 Å². The van der Waals surface area contributed by atoms with Crippen LogP contribution in [0.5, 0.6) is 0 Å². The minimum absolute atomic E-state index is 0.181. The zero-order valence-corrected chi connectivity index (χ0v) is 13.3. The van der Waals surface area contributed by atoms with Crippen molar-refractivity contribution >= 4 is 5.97 Å². The van der Waals surface area contributed by atoms with Gasteiger partial charge in [-0.3, -0.25) is 0 Å². The number of ether oxygens (including phenoxy) is 4. The number of carbonyl (C=O) groups is 1. The first-order valence-corrected chi connectivity index (χ1v) is 6.79. The van der Waals surface area contributed by atoms with Gasteiger partial charge >= 0.3 is 5.97 Å². The lowest BCUT2D eigenvalue weighted by molar-refractivity contribution is -0.139. The Bertz CT molecular complexity index is 373. The number of hydrogen-bond donors (Lipinski definition) is 0. The van der Waals surface area contributed by atoms with Crippen molar-refractivity contribution in [2.45, 2.75) is 26.4 Å². The molecule has 1 atom stereocenters. The van der Waals surface area contributed by atoms with Gasteiger partial charge in [0, 0.05) is 25.7 Å².